The van der Waals surface area contributed by atoms with Gasteiger partial charge in [0, 0.05) is 24.3 Å². The number of carbonyl (C=O) groups excluding carboxylic acids is 1. The van der Waals surface area contributed by atoms with Crippen molar-refractivity contribution in [3.05, 3.63) is 23.4 Å². The van der Waals surface area contributed by atoms with E-state index in [2.05, 4.69) is 16.2 Å². The molecule has 1 N–H and O–H groups in total. The second kappa shape index (κ2) is 7.70. The van der Waals surface area contributed by atoms with Gasteiger partial charge in [0.15, 0.2) is 11.5 Å². The maximum atomic E-state index is 11.9. The molecular weight excluding hydrogens is 316 g/mol. The van der Waals surface area contributed by atoms with Crippen molar-refractivity contribution in [3.8, 4) is 23.8 Å². The van der Waals surface area contributed by atoms with Crippen LogP contribution in [0.25, 0.3) is 10.9 Å². The van der Waals surface area contributed by atoms with Crippen LogP contribution in [0.2, 0.25) is 5.02 Å². The number of fused-ring (bicyclic) bond motifs is 1. The Morgan fingerprint density at radius 2 is 2.04 bits per heavy atom. The van der Waals surface area contributed by atoms with Crippen molar-refractivity contribution in [1.82, 2.24) is 4.98 Å². The number of rotatable bonds is 6. The minimum atomic E-state index is -0.149. The molecule has 0 atom stereocenters. The van der Waals surface area contributed by atoms with Gasteiger partial charge in [-0.15, -0.1) is 12.3 Å². The monoisotopic (exact) mass is 332 g/mol. The van der Waals surface area contributed by atoms with E-state index in [0.717, 1.165) is 0 Å². The Kier molecular flexibility index (Phi) is 5.67. The van der Waals surface area contributed by atoms with Gasteiger partial charge in [-0.25, -0.2) is 0 Å². The van der Waals surface area contributed by atoms with Gasteiger partial charge in [0.05, 0.1) is 36.6 Å². The van der Waals surface area contributed by atoms with E-state index < -0.39 is 0 Å². The zero-order valence-electron chi connectivity index (χ0n) is 13.0. The molecule has 0 aliphatic carbocycles. The Labute approximate surface area is 139 Å². The predicted octanol–water partition coefficient (Wildman–Crippen LogP) is 3.65. The fourth-order valence-electron chi connectivity index (χ4n) is 2.14. The van der Waals surface area contributed by atoms with Gasteiger partial charge < -0.3 is 14.8 Å². The first-order chi connectivity index (χ1) is 11.1. The van der Waals surface area contributed by atoms with E-state index in [1.807, 2.05) is 0 Å². The lowest BCUT2D eigenvalue weighted by Gasteiger charge is -2.12. The third-order valence-electron chi connectivity index (χ3n) is 3.31. The fraction of sp³-hybridized carbons (Fsp3) is 0.294. The van der Waals surface area contributed by atoms with Gasteiger partial charge in [0.1, 0.15) is 0 Å². The summed E-state index contributed by atoms with van der Waals surface area (Å²) in [5, 5.41) is 3.83. The number of pyridine rings is 1. The average molecular weight is 333 g/mol. The SMILES string of the molecule is C#CCCCC(=O)Nc1cnc2cc(OC)c(OC)cc2c1Cl. The van der Waals surface area contributed by atoms with Crippen LogP contribution in [0.1, 0.15) is 19.3 Å². The number of nitrogens with zero attached hydrogens (tertiary/aromatic N) is 1. The molecule has 1 amide bonds. The highest BCUT2D eigenvalue weighted by atomic mass is 35.5. The second-order valence-corrected chi connectivity index (χ2v) is 5.19. The molecule has 0 spiro atoms. The van der Waals surface area contributed by atoms with E-state index in [-0.39, 0.29) is 5.91 Å². The summed E-state index contributed by atoms with van der Waals surface area (Å²) in [5.74, 6) is 3.46. The Hall–Kier alpha value is -2.45. The molecule has 0 fully saturated rings. The number of hydrogen-bond donors (Lipinski definition) is 1. The van der Waals surface area contributed by atoms with E-state index in [4.69, 9.17) is 27.5 Å². The summed E-state index contributed by atoms with van der Waals surface area (Å²) < 4.78 is 10.5. The van der Waals surface area contributed by atoms with Gasteiger partial charge >= 0.3 is 0 Å². The molecule has 1 heterocycles. The smallest absolute Gasteiger partial charge is 0.224 e. The largest absolute Gasteiger partial charge is 0.493 e. The molecule has 5 nitrogen and oxygen atoms in total. The van der Waals surface area contributed by atoms with Crippen LogP contribution < -0.4 is 14.8 Å². The van der Waals surface area contributed by atoms with Crippen molar-refractivity contribution >= 4 is 34.1 Å². The van der Waals surface area contributed by atoms with E-state index >= 15 is 0 Å². The lowest BCUT2D eigenvalue weighted by Crippen LogP contribution is -2.11. The van der Waals surface area contributed by atoms with Crippen LogP contribution in [0.15, 0.2) is 18.3 Å². The van der Waals surface area contributed by atoms with Gasteiger partial charge in [-0.2, -0.15) is 0 Å². The second-order valence-electron chi connectivity index (χ2n) is 4.82. The van der Waals surface area contributed by atoms with E-state index in [9.17, 15) is 4.79 Å². The Balaban J connectivity index is 2.31. The normalized spacial score (nSPS) is 10.2. The van der Waals surface area contributed by atoms with Crippen molar-refractivity contribution in [2.75, 3.05) is 19.5 Å². The topological polar surface area (TPSA) is 60.5 Å². The molecule has 1 aromatic carbocycles. The molecule has 0 unspecified atom stereocenters. The number of aromatic nitrogens is 1. The minimum absolute atomic E-state index is 0.149. The van der Waals surface area contributed by atoms with Crippen molar-refractivity contribution in [1.29, 1.82) is 0 Å². The molecule has 0 aliphatic rings. The van der Waals surface area contributed by atoms with Crippen molar-refractivity contribution in [3.63, 3.8) is 0 Å². The highest BCUT2D eigenvalue weighted by Crippen LogP contribution is 2.37. The Bertz CT molecular complexity index is 769. The molecule has 0 aliphatic heterocycles. The number of anilines is 1. The molecule has 6 heteroatoms. The van der Waals surface area contributed by atoms with Crippen LogP contribution in [-0.4, -0.2) is 25.1 Å². The molecule has 2 aromatic rings. The molecule has 0 saturated carbocycles. The van der Waals surface area contributed by atoms with Crippen LogP contribution in [-0.2, 0) is 4.79 Å². The number of benzene rings is 1. The first kappa shape index (κ1) is 16.9. The van der Waals surface area contributed by atoms with E-state index in [0.29, 0.717) is 52.4 Å². The summed E-state index contributed by atoms with van der Waals surface area (Å²) >= 11 is 6.39. The number of amides is 1. The summed E-state index contributed by atoms with van der Waals surface area (Å²) in [6, 6.07) is 3.47. The van der Waals surface area contributed by atoms with Crippen LogP contribution >= 0.6 is 11.6 Å². The maximum absolute atomic E-state index is 11.9. The number of unbranched alkanes of at least 4 members (excludes halogenated alkanes) is 1. The molecule has 2 rings (SSSR count). The first-order valence-electron chi connectivity index (χ1n) is 7.04. The van der Waals surface area contributed by atoms with Crippen molar-refractivity contribution < 1.29 is 14.3 Å². The third kappa shape index (κ3) is 3.85. The van der Waals surface area contributed by atoms with Crippen LogP contribution in [0.3, 0.4) is 0 Å². The summed E-state index contributed by atoms with van der Waals surface area (Å²) in [4.78, 5) is 16.2. The molecule has 0 saturated heterocycles. The molecule has 120 valence electrons. The summed E-state index contributed by atoms with van der Waals surface area (Å²) in [7, 11) is 3.10. The van der Waals surface area contributed by atoms with Crippen molar-refractivity contribution in [2.24, 2.45) is 0 Å². The molecular formula is C17H17ClN2O3. The number of ether oxygens (including phenoxy) is 2. The van der Waals surface area contributed by atoms with E-state index in [1.54, 1.807) is 26.4 Å². The fourth-order valence-corrected chi connectivity index (χ4v) is 2.38. The van der Waals surface area contributed by atoms with Gasteiger partial charge in [-0.1, -0.05) is 11.6 Å². The van der Waals surface area contributed by atoms with Gasteiger partial charge in [0.2, 0.25) is 5.91 Å². The van der Waals surface area contributed by atoms with Crippen molar-refractivity contribution in [2.45, 2.75) is 19.3 Å². The number of methoxy groups -OCH3 is 2. The van der Waals surface area contributed by atoms with Gasteiger partial charge in [-0.05, 0) is 12.5 Å². The number of carbonyl (C=O) groups is 1. The third-order valence-corrected chi connectivity index (χ3v) is 3.71. The molecule has 0 radical (unpaired) electrons. The highest BCUT2D eigenvalue weighted by Gasteiger charge is 2.13. The number of hydrogen-bond acceptors (Lipinski definition) is 4. The quantitative estimate of drug-likeness (QED) is 0.648. The number of terminal acetylenes is 1. The average Bonchev–Trinajstić information content (AvgIpc) is 2.56. The molecule has 1 aromatic heterocycles. The zero-order chi connectivity index (χ0) is 16.8. The molecule has 0 bridgehead atoms. The summed E-state index contributed by atoms with van der Waals surface area (Å²) in [6.07, 6.45) is 8.23. The van der Waals surface area contributed by atoms with E-state index in [1.165, 1.54) is 6.20 Å². The Morgan fingerprint density at radius 3 is 2.70 bits per heavy atom. The standard InChI is InChI=1S/C17H17ClN2O3/c1-4-5-6-7-16(21)20-13-10-19-12-9-15(23-3)14(22-2)8-11(12)17(13)18/h1,8-10H,5-7H2,2-3H3,(H,20,21). The number of halogens is 1. The lowest BCUT2D eigenvalue weighted by atomic mass is 10.1. The molecule has 23 heavy (non-hydrogen) atoms. The minimum Gasteiger partial charge on any atom is -0.493 e. The van der Waals surface area contributed by atoms with Gasteiger partial charge in [-0.3, -0.25) is 9.78 Å². The lowest BCUT2D eigenvalue weighted by molar-refractivity contribution is -0.116. The summed E-state index contributed by atoms with van der Waals surface area (Å²) in [6.45, 7) is 0. The van der Waals surface area contributed by atoms with Crippen LogP contribution in [0, 0.1) is 12.3 Å². The predicted molar refractivity (Wildman–Crippen MR) is 91.2 cm³/mol. The maximum Gasteiger partial charge on any atom is 0.224 e. The zero-order valence-corrected chi connectivity index (χ0v) is 13.7. The van der Waals surface area contributed by atoms with Gasteiger partial charge in [0.25, 0.3) is 0 Å². The highest BCUT2D eigenvalue weighted by molar-refractivity contribution is 6.38. The Morgan fingerprint density at radius 1 is 1.35 bits per heavy atom. The number of nitrogens with one attached hydrogen (secondary N) is 1. The van der Waals surface area contributed by atoms with Crippen LogP contribution in [0.4, 0.5) is 5.69 Å². The summed E-state index contributed by atoms with van der Waals surface area (Å²) in [5.41, 5.74) is 1.11. The van der Waals surface area contributed by atoms with Crippen LogP contribution in [0.5, 0.6) is 11.5 Å². The first-order valence-corrected chi connectivity index (χ1v) is 7.42.